The Morgan fingerprint density at radius 1 is 0.871 bits per heavy atom. The lowest BCUT2D eigenvalue weighted by Gasteiger charge is -2.36. The van der Waals surface area contributed by atoms with E-state index in [2.05, 4.69) is 44.4 Å². The van der Waals surface area contributed by atoms with Crippen molar-refractivity contribution in [3.8, 4) is 5.75 Å². The third-order valence-electron chi connectivity index (χ3n) is 5.32. The maximum Gasteiger partial charge on any atom is 0.224 e. The van der Waals surface area contributed by atoms with Gasteiger partial charge < -0.3 is 19.9 Å². The number of para-hydroxylation sites is 2. The highest BCUT2D eigenvalue weighted by Gasteiger charge is 2.18. The molecule has 1 amide bonds. The van der Waals surface area contributed by atoms with Crippen molar-refractivity contribution in [2.45, 2.75) is 12.8 Å². The third-order valence-corrected chi connectivity index (χ3v) is 5.32. The number of aromatic nitrogens is 1. The van der Waals surface area contributed by atoms with Crippen molar-refractivity contribution in [2.24, 2.45) is 0 Å². The van der Waals surface area contributed by atoms with E-state index in [9.17, 15) is 4.79 Å². The second-order valence-corrected chi connectivity index (χ2v) is 7.53. The quantitative estimate of drug-likeness (QED) is 0.558. The Balaban J connectivity index is 1.19. The van der Waals surface area contributed by atoms with Gasteiger partial charge in [-0.1, -0.05) is 36.4 Å². The van der Waals surface area contributed by atoms with Crippen LogP contribution < -0.4 is 19.9 Å². The van der Waals surface area contributed by atoms with E-state index in [0.29, 0.717) is 19.4 Å². The monoisotopic (exact) mass is 416 g/mol. The van der Waals surface area contributed by atoms with Gasteiger partial charge in [0.05, 0.1) is 18.5 Å². The molecule has 1 aromatic heterocycles. The minimum Gasteiger partial charge on any atom is -0.494 e. The van der Waals surface area contributed by atoms with E-state index in [1.807, 2.05) is 48.5 Å². The van der Waals surface area contributed by atoms with Gasteiger partial charge >= 0.3 is 0 Å². The van der Waals surface area contributed by atoms with Crippen molar-refractivity contribution in [1.82, 2.24) is 4.98 Å². The minimum atomic E-state index is -0.0253. The highest BCUT2D eigenvalue weighted by molar-refractivity contribution is 5.90. The summed E-state index contributed by atoms with van der Waals surface area (Å²) in [5.41, 5.74) is 1.99. The molecule has 6 nitrogen and oxygen atoms in total. The standard InChI is InChI=1S/C25H28N4O2/c30-25(12-7-19-31-23-10-5-2-6-11-23)27-21-13-14-24(26-20-21)29-17-15-28(16-18-29)22-8-3-1-4-9-22/h1-6,8-11,13-14,20H,7,12,15-19H2,(H,27,30). The van der Waals surface area contributed by atoms with Crippen LogP contribution in [0.15, 0.2) is 79.0 Å². The lowest BCUT2D eigenvalue weighted by molar-refractivity contribution is -0.116. The lowest BCUT2D eigenvalue weighted by atomic mass is 10.2. The Morgan fingerprint density at radius 3 is 2.23 bits per heavy atom. The van der Waals surface area contributed by atoms with Crippen LogP contribution in [0.25, 0.3) is 0 Å². The fourth-order valence-electron chi connectivity index (χ4n) is 3.64. The molecule has 0 bridgehead atoms. The van der Waals surface area contributed by atoms with Crippen molar-refractivity contribution < 1.29 is 9.53 Å². The van der Waals surface area contributed by atoms with Crippen LogP contribution >= 0.6 is 0 Å². The number of pyridine rings is 1. The largest absolute Gasteiger partial charge is 0.494 e. The molecule has 1 aliphatic rings. The Kier molecular flexibility index (Phi) is 7.00. The van der Waals surface area contributed by atoms with Gasteiger partial charge in [-0.05, 0) is 42.8 Å². The Morgan fingerprint density at radius 2 is 1.55 bits per heavy atom. The van der Waals surface area contributed by atoms with E-state index >= 15 is 0 Å². The number of amides is 1. The van der Waals surface area contributed by atoms with Crippen molar-refractivity contribution in [3.05, 3.63) is 79.0 Å². The fraction of sp³-hybridized carbons (Fsp3) is 0.280. The molecule has 0 radical (unpaired) electrons. The van der Waals surface area contributed by atoms with Gasteiger partial charge in [0.1, 0.15) is 11.6 Å². The van der Waals surface area contributed by atoms with Crippen LogP contribution in [0, 0.1) is 0 Å². The normalized spacial score (nSPS) is 13.7. The molecule has 1 fully saturated rings. The maximum absolute atomic E-state index is 12.2. The number of benzene rings is 2. The summed E-state index contributed by atoms with van der Waals surface area (Å²) in [6, 6.07) is 24.0. The molecule has 0 aliphatic carbocycles. The molecule has 31 heavy (non-hydrogen) atoms. The molecule has 0 spiro atoms. The van der Waals surface area contributed by atoms with E-state index in [1.54, 1.807) is 6.20 Å². The van der Waals surface area contributed by atoms with E-state index in [0.717, 1.165) is 43.4 Å². The predicted molar refractivity (Wildman–Crippen MR) is 125 cm³/mol. The van der Waals surface area contributed by atoms with E-state index in [-0.39, 0.29) is 5.91 Å². The Hall–Kier alpha value is -3.54. The first-order chi connectivity index (χ1) is 15.3. The summed E-state index contributed by atoms with van der Waals surface area (Å²) >= 11 is 0. The number of carbonyl (C=O) groups is 1. The SMILES string of the molecule is O=C(CCCOc1ccccc1)Nc1ccc(N2CCN(c3ccccc3)CC2)nc1. The number of piperazine rings is 1. The van der Waals surface area contributed by atoms with Crippen LogP contribution in [-0.2, 0) is 4.79 Å². The average Bonchev–Trinajstić information content (AvgIpc) is 2.84. The van der Waals surface area contributed by atoms with Gasteiger partial charge in [-0.15, -0.1) is 0 Å². The Bertz CT molecular complexity index is 940. The van der Waals surface area contributed by atoms with Crippen LogP contribution in [0.2, 0.25) is 0 Å². The molecule has 1 aliphatic heterocycles. The predicted octanol–water partition coefficient (Wildman–Crippen LogP) is 4.21. The van der Waals surface area contributed by atoms with E-state index < -0.39 is 0 Å². The Labute approximate surface area is 183 Å². The molecular formula is C25H28N4O2. The number of rotatable bonds is 8. The summed E-state index contributed by atoms with van der Waals surface area (Å²) < 4.78 is 5.62. The van der Waals surface area contributed by atoms with Crippen LogP contribution in [-0.4, -0.2) is 43.7 Å². The number of ether oxygens (including phenoxy) is 1. The average molecular weight is 417 g/mol. The second-order valence-electron chi connectivity index (χ2n) is 7.53. The highest BCUT2D eigenvalue weighted by Crippen LogP contribution is 2.20. The van der Waals surface area contributed by atoms with Gasteiger partial charge in [0.15, 0.2) is 0 Å². The first-order valence-corrected chi connectivity index (χ1v) is 10.8. The summed E-state index contributed by atoms with van der Waals surface area (Å²) in [6.07, 6.45) is 2.81. The van der Waals surface area contributed by atoms with E-state index in [4.69, 9.17) is 4.74 Å². The van der Waals surface area contributed by atoms with Gasteiger partial charge in [-0.2, -0.15) is 0 Å². The molecule has 2 aromatic carbocycles. The summed E-state index contributed by atoms with van der Waals surface area (Å²) in [4.78, 5) is 21.4. The third kappa shape index (κ3) is 5.98. The number of hydrogen-bond acceptors (Lipinski definition) is 5. The molecule has 3 aromatic rings. The molecule has 4 rings (SSSR count). The lowest BCUT2D eigenvalue weighted by Crippen LogP contribution is -2.46. The second kappa shape index (κ2) is 10.5. The maximum atomic E-state index is 12.2. The van der Waals surface area contributed by atoms with Gasteiger partial charge in [0.2, 0.25) is 5.91 Å². The van der Waals surface area contributed by atoms with Crippen molar-refractivity contribution in [2.75, 3.05) is 47.9 Å². The summed E-state index contributed by atoms with van der Waals surface area (Å²) in [6.45, 7) is 4.30. The zero-order valence-corrected chi connectivity index (χ0v) is 17.6. The van der Waals surface area contributed by atoms with E-state index in [1.165, 1.54) is 5.69 Å². The van der Waals surface area contributed by atoms with Crippen molar-refractivity contribution in [3.63, 3.8) is 0 Å². The molecule has 0 atom stereocenters. The van der Waals surface area contributed by atoms with Crippen LogP contribution in [0.1, 0.15) is 12.8 Å². The smallest absolute Gasteiger partial charge is 0.224 e. The zero-order chi connectivity index (χ0) is 21.3. The first-order valence-electron chi connectivity index (χ1n) is 10.8. The van der Waals surface area contributed by atoms with Crippen molar-refractivity contribution in [1.29, 1.82) is 0 Å². The summed E-state index contributed by atoms with van der Waals surface area (Å²) in [5.74, 6) is 1.75. The van der Waals surface area contributed by atoms with Gasteiger partial charge in [0.25, 0.3) is 0 Å². The molecule has 1 saturated heterocycles. The van der Waals surface area contributed by atoms with Crippen LogP contribution in [0.5, 0.6) is 5.75 Å². The number of hydrogen-bond donors (Lipinski definition) is 1. The first kappa shape index (κ1) is 20.7. The molecule has 0 saturated carbocycles. The van der Waals surface area contributed by atoms with Crippen LogP contribution in [0.3, 0.4) is 0 Å². The topological polar surface area (TPSA) is 57.7 Å². The molecule has 6 heteroatoms. The minimum absolute atomic E-state index is 0.0253. The van der Waals surface area contributed by atoms with Gasteiger partial charge in [-0.3, -0.25) is 4.79 Å². The number of anilines is 3. The van der Waals surface area contributed by atoms with Crippen LogP contribution in [0.4, 0.5) is 17.2 Å². The summed E-state index contributed by atoms with van der Waals surface area (Å²) in [5, 5.41) is 2.92. The number of carbonyl (C=O) groups excluding carboxylic acids is 1. The molecule has 2 heterocycles. The summed E-state index contributed by atoms with van der Waals surface area (Å²) in [7, 11) is 0. The number of nitrogens with one attached hydrogen (secondary N) is 1. The molecule has 160 valence electrons. The van der Waals surface area contributed by atoms with Crippen molar-refractivity contribution >= 4 is 23.1 Å². The molecular weight excluding hydrogens is 388 g/mol. The highest BCUT2D eigenvalue weighted by atomic mass is 16.5. The zero-order valence-electron chi connectivity index (χ0n) is 17.6. The van der Waals surface area contributed by atoms with Gasteiger partial charge in [-0.25, -0.2) is 4.98 Å². The molecule has 0 unspecified atom stereocenters. The number of nitrogens with zero attached hydrogens (tertiary/aromatic N) is 3. The van der Waals surface area contributed by atoms with Gasteiger partial charge in [0, 0.05) is 38.3 Å². The fourth-order valence-corrected chi connectivity index (χ4v) is 3.64. The molecule has 1 N–H and O–H groups in total.